The van der Waals surface area contributed by atoms with E-state index in [1.54, 1.807) is 0 Å². The zero-order valence-electron chi connectivity index (χ0n) is 13.5. The summed E-state index contributed by atoms with van der Waals surface area (Å²) >= 11 is 0. The maximum Gasteiger partial charge on any atom is 0.251 e. The molecular formula is C19H21NO3. The van der Waals surface area contributed by atoms with Crippen LogP contribution in [0.1, 0.15) is 29.8 Å². The smallest absolute Gasteiger partial charge is 0.251 e. The normalized spacial score (nSPS) is 13.5. The van der Waals surface area contributed by atoms with E-state index >= 15 is 0 Å². The standard InChI is InChI=1S/C19H21NO3/c1-19(2,13-20-18(21)14-6-4-3-5-7-14)15-8-9-16-17(12-15)23-11-10-22-16/h3-9,12H,10-11,13H2,1-2H3,(H,20,21). The number of carbonyl (C=O) groups excluding carboxylic acids is 1. The fourth-order valence-corrected chi connectivity index (χ4v) is 2.56. The van der Waals surface area contributed by atoms with Crippen molar-refractivity contribution in [1.29, 1.82) is 0 Å². The van der Waals surface area contributed by atoms with E-state index in [1.807, 2.05) is 48.5 Å². The number of benzene rings is 2. The van der Waals surface area contributed by atoms with Crippen molar-refractivity contribution in [2.75, 3.05) is 19.8 Å². The highest BCUT2D eigenvalue weighted by Crippen LogP contribution is 2.34. The van der Waals surface area contributed by atoms with E-state index in [1.165, 1.54) is 0 Å². The maximum atomic E-state index is 12.2. The van der Waals surface area contributed by atoms with E-state index in [2.05, 4.69) is 19.2 Å². The summed E-state index contributed by atoms with van der Waals surface area (Å²) in [4.78, 5) is 12.2. The number of nitrogens with one attached hydrogen (secondary N) is 1. The van der Waals surface area contributed by atoms with Crippen molar-refractivity contribution < 1.29 is 14.3 Å². The Labute approximate surface area is 136 Å². The average Bonchev–Trinajstić information content (AvgIpc) is 2.60. The lowest BCUT2D eigenvalue weighted by molar-refractivity contribution is 0.0945. The third-order valence-electron chi connectivity index (χ3n) is 4.05. The molecule has 0 saturated carbocycles. The Morgan fingerprint density at radius 2 is 1.74 bits per heavy atom. The third kappa shape index (κ3) is 3.47. The topological polar surface area (TPSA) is 47.6 Å². The van der Waals surface area contributed by atoms with Crippen molar-refractivity contribution >= 4 is 5.91 Å². The molecule has 0 spiro atoms. The molecule has 4 heteroatoms. The van der Waals surface area contributed by atoms with Crippen LogP contribution in [0.15, 0.2) is 48.5 Å². The number of ether oxygens (including phenoxy) is 2. The van der Waals surface area contributed by atoms with Gasteiger partial charge < -0.3 is 14.8 Å². The Balaban J connectivity index is 1.70. The van der Waals surface area contributed by atoms with Crippen LogP contribution in [0.3, 0.4) is 0 Å². The van der Waals surface area contributed by atoms with Crippen LogP contribution in [0.25, 0.3) is 0 Å². The number of hydrogen-bond acceptors (Lipinski definition) is 3. The van der Waals surface area contributed by atoms with Gasteiger partial charge in [0.1, 0.15) is 13.2 Å². The first-order valence-corrected chi connectivity index (χ1v) is 7.80. The number of amides is 1. The molecule has 2 aromatic rings. The van der Waals surface area contributed by atoms with Crippen molar-refractivity contribution in [1.82, 2.24) is 5.32 Å². The Morgan fingerprint density at radius 1 is 1.04 bits per heavy atom. The lowest BCUT2D eigenvalue weighted by Crippen LogP contribution is -2.36. The molecule has 1 amide bonds. The van der Waals surface area contributed by atoms with Crippen LogP contribution in [0.5, 0.6) is 11.5 Å². The fourth-order valence-electron chi connectivity index (χ4n) is 2.56. The zero-order valence-corrected chi connectivity index (χ0v) is 13.5. The molecule has 0 radical (unpaired) electrons. The predicted octanol–water partition coefficient (Wildman–Crippen LogP) is 3.17. The summed E-state index contributed by atoms with van der Waals surface area (Å²) in [6, 6.07) is 15.2. The van der Waals surface area contributed by atoms with Gasteiger partial charge in [-0.3, -0.25) is 4.79 Å². The highest BCUT2D eigenvalue weighted by molar-refractivity contribution is 5.94. The first-order valence-electron chi connectivity index (χ1n) is 7.80. The van der Waals surface area contributed by atoms with E-state index in [-0.39, 0.29) is 11.3 Å². The monoisotopic (exact) mass is 311 g/mol. The van der Waals surface area contributed by atoms with Crippen molar-refractivity contribution in [3.05, 3.63) is 59.7 Å². The van der Waals surface area contributed by atoms with Gasteiger partial charge in [-0.1, -0.05) is 38.1 Å². The van der Waals surface area contributed by atoms with E-state index in [0.717, 1.165) is 17.1 Å². The summed E-state index contributed by atoms with van der Waals surface area (Å²) in [7, 11) is 0. The van der Waals surface area contributed by atoms with Crippen LogP contribution in [0.4, 0.5) is 0 Å². The van der Waals surface area contributed by atoms with E-state index in [0.29, 0.717) is 25.3 Å². The number of fused-ring (bicyclic) bond motifs is 1. The van der Waals surface area contributed by atoms with Gasteiger partial charge in [-0.2, -0.15) is 0 Å². The fraction of sp³-hybridized carbons (Fsp3) is 0.316. The molecule has 0 aliphatic carbocycles. The van der Waals surface area contributed by atoms with Crippen LogP contribution in [0, 0.1) is 0 Å². The molecule has 0 saturated heterocycles. The Kier molecular flexibility index (Phi) is 4.24. The van der Waals surface area contributed by atoms with E-state index in [9.17, 15) is 4.79 Å². The summed E-state index contributed by atoms with van der Waals surface area (Å²) in [6.45, 7) is 5.90. The predicted molar refractivity (Wildman–Crippen MR) is 89.2 cm³/mol. The minimum atomic E-state index is -0.208. The lowest BCUT2D eigenvalue weighted by Gasteiger charge is -2.27. The lowest BCUT2D eigenvalue weighted by atomic mass is 9.84. The zero-order chi connectivity index (χ0) is 16.3. The van der Waals surface area contributed by atoms with Gasteiger partial charge in [-0.15, -0.1) is 0 Å². The van der Waals surface area contributed by atoms with Gasteiger partial charge in [0, 0.05) is 17.5 Å². The highest BCUT2D eigenvalue weighted by Gasteiger charge is 2.24. The minimum absolute atomic E-state index is 0.0591. The summed E-state index contributed by atoms with van der Waals surface area (Å²) in [5.41, 5.74) is 1.57. The van der Waals surface area contributed by atoms with Crippen LogP contribution in [-0.2, 0) is 5.41 Å². The van der Waals surface area contributed by atoms with Crippen LogP contribution in [0.2, 0.25) is 0 Å². The minimum Gasteiger partial charge on any atom is -0.486 e. The van der Waals surface area contributed by atoms with Gasteiger partial charge in [0.05, 0.1) is 0 Å². The molecular weight excluding hydrogens is 290 g/mol. The summed E-state index contributed by atoms with van der Waals surface area (Å²) in [6.07, 6.45) is 0. The molecule has 1 aliphatic rings. The quantitative estimate of drug-likeness (QED) is 0.943. The average molecular weight is 311 g/mol. The van der Waals surface area contributed by atoms with Crippen LogP contribution in [-0.4, -0.2) is 25.7 Å². The number of hydrogen-bond donors (Lipinski definition) is 1. The second-order valence-electron chi connectivity index (χ2n) is 6.29. The SMILES string of the molecule is CC(C)(CNC(=O)c1ccccc1)c1ccc2c(c1)OCCO2. The maximum absolute atomic E-state index is 12.2. The summed E-state index contributed by atoms with van der Waals surface area (Å²) < 4.78 is 11.2. The third-order valence-corrected chi connectivity index (χ3v) is 4.05. The van der Waals surface area contributed by atoms with Crippen LogP contribution < -0.4 is 14.8 Å². The molecule has 120 valence electrons. The van der Waals surface area contributed by atoms with Crippen molar-refractivity contribution in [2.24, 2.45) is 0 Å². The largest absolute Gasteiger partial charge is 0.486 e. The van der Waals surface area contributed by atoms with Crippen molar-refractivity contribution in [3.8, 4) is 11.5 Å². The van der Waals surface area contributed by atoms with Gasteiger partial charge in [0.2, 0.25) is 0 Å². The Morgan fingerprint density at radius 3 is 2.48 bits per heavy atom. The molecule has 0 aromatic heterocycles. The van der Waals surface area contributed by atoms with Gasteiger partial charge in [-0.25, -0.2) is 0 Å². The first kappa shape index (κ1) is 15.4. The molecule has 3 rings (SSSR count). The molecule has 4 nitrogen and oxygen atoms in total. The second kappa shape index (κ2) is 6.32. The number of rotatable bonds is 4. The summed E-state index contributed by atoms with van der Waals surface area (Å²) in [5, 5.41) is 3.01. The van der Waals surface area contributed by atoms with E-state index in [4.69, 9.17) is 9.47 Å². The van der Waals surface area contributed by atoms with Crippen molar-refractivity contribution in [3.63, 3.8) is 0 Å². The molecule has 1 aliphatic heterocycles. The Bertz CT molecular complexity index is 695. The molecule has 23 heavy (non-hydrogen) atoms. The van der Waals surface area contributed by atoms with Gasteiger partial charge in [-0.05, 0) is 29.8 Å². The molecule has 0 bridgehead atoms. The van der Waals surface area contributed by atoms with Crippen molar-refractivity contribution in [2.45, 2.75) is 19.3 Å². The molecule has 0 fully saturated rings. The van der Waals surface area contributed by atoms with Gasteiger partial charge in [0.25, 0.3) is 5.91 Å². The van der Waals surface area contributed by atoms with Crippen LogP contribution >= 0.6 is 0 Å². The van der Waals surface area contributed by atoms with Gasteiger partial charge >= 0.3 is 0 Å². The van der Waals surface area contributed by atoms with E-state index < -0.39 is 0 Å². The molecule has 0 atom stereocenters. The highest BCUT2D eigenvalue weighted by atomic mass is 16.6. The van der Waals surface area contributed by atoms with Gasteiger partial charge in [0.15, 0.2) is 11.5 Å². The number of carbonyl (C=O) groups is 1. The molecule has 2 aromatic carbocycles. The summed E-state index contributed by atoms with van der Waals surface area (Å²) in [5.74, 6) is 1.50. The Hall–Kier alpha value is -2.49. The molecule has 1 N–H and O–H groups in total. The first-order chi connectivity index (χ1) is 11.1. The molecule has 0 unspecified atom stereocenters. The molecule has 1 heterocycles. The second-order valence-corrected chi connectivity index (χ2v) is 6.29.